The Morgan fingerprint density at radius 2 is 0.660 bits per heavy atom. The third kappa shape index (κ3) is 38.4. The van der Waals surface area contributed by atoms with E-state index < -0.39 is 6.80 Å². The average molecular weight is 697 g/mol. The Morgan fingerprint density at radius 3 is 1.00 bits per heavy atom. The molecule has 278 valence electrons. The van der Waals surface area contributed by atoms with Crippen LogP contribution in [0.5, 0.6) is 0 Å². The van der Waals surface area contributed by atoms with Crippen molar-refractivity contribution in [2.45, 2.75) is 213 Å². The van der Waals surface area contributed by atoms with Gasteiger partial charge in [-0.3, -0.25) is 0 Å². The first kappa shape index (κ1) is 46.7. The highest BCUT2D eigenvalue weighted by Gasteiger charge is 2.25. The maximum Gasteiger partial charge on any atom is 0.389 e. The van der Waals surface area contributed by atoms with Crippen molar-refractivity contribution >= 4 is 18.2 Å². The molecule has 5 heteroatoms. The van der Waals surface area contributed by atoms with Crippen LogP contribution < -0.4 is 0 Å². The van der Waals surface area contributed by atoms with E-state index in [4.69, 9.17) is 9.05 Å². The third-order valence-corrected chi connectivity index (χ3v) is 12.6. The molecule has 0 bridgehead atoms. The van der Waals surface area contributed by atoms with E-state index in [0.29, 0.717) is 13.2 Å². The number of hydrogen-bond donors (Lipinski definition) is 0. The molecule has 0 fully saturated rings. The van der Waals surface area contributed by atoms with Gasteiger partial charge in [0.1, 0.15) is 0 Å². The minimum absolute atomic E-state index is 0.560. The topological polar surface area (TPSA) is 35.5 Å². The highest BCUT2D eigenvalue weighted by atomic mass is 32.7. The maximum absolute atomic E-state index is 13.6. The minimum atomic E-state index is -3.07. The molecule has 0 unspecified atom stereocenters. The molecular formula is C42H81O3PS. The Kier molecular flexibility index (Phi) is 39.9. The van der Waals surface area contributed by atoms with Gasteiger partial charge in [0, 0.05) is 5.75 Å². The summed E-state index contributed by atoms with van der Waals surface area (Å²) in [6.07, 6.45) is 51.4. The van der Waals surface area contributed by atoms with Crippen molar-refractivity contribution in [3.8, 4) is 0 Å². The lowest BCUT2D eigenvalue weighted by Crippen LogP contribution is -1.99. The largest absolute Gasteiger partial charge is 0.389 e. The molecule has 0 aromatic carbocycles. The molecule has 0 aromatic heterocycles. The van der Waals surface area contributed by atoms with Crippen LogP contribution in [0.3, 0.4) is 0 Å². The summed E-state index contributed by atoms with van der Waals surface area (Å²) in [5.41, 5.74) is 0. The predicted octanol–water partition coefficient (Wildman–Crippen LogP) is 16.3. The van der Waals surface area contributed by atoms with Crippen molar-refractivity contribution in [3.05, 3.63) is 36.5 Å². The van der Waals surface area contributed by atoms with Crippen LogP contribution in [-0.4, -0.2) is 19.0 Å². The monoisotopic (exact) mass is 697 g/mol. The van der Waals surface area contributed by atoms with Gasteiger partial charge >= 0.3 is 6.80 Å². The summed E-state index contributed by atoms with van der Waals surface area (Å²) in [5, 5.41) is 0. The average Bonchev–Trinajstić information content (AvgIpc) is 3.07. The first-order valence-electron chi connectivity index (χ1n) is 20.7. The molecule has 0 radical (unpaired) electrons. The van der Waals surface area contributed by atoms with Gasteiger partial charge in [-0.1, -0.05) is 173 Å². The molecule has 0 aliphatic heterocycles. The molecule has 3 nitrogen and oxygen atoms in total. The van der Waals surface area contributed by atoms with Crippen molar-refractivity contribution in [2.24, 2.45) is 0 Å². The van der Waals surface area contributed by atoms with Gasteiger partial charge in [-0.2, -0.15) is 0 Å². The van der Waals surface area contributed by atoms with Gasteiger partial charge in [0.05, 0.1) is 13.2 Å². The van der Waals surface area contributed by atoms with Crippen molar-refractivity contribution in [1.82, 2.24) is 0 Å². The van der Waals surface area contributed by atoms with Gasteiger partial charge in [-0.05, 0) is 88.4 Å². The molecule has 0 saturated carbocycles. The van der Waals surface area contributed by atoms with E-state index in [2.05, 4.69) is 57.2 Å². The van der Waals surface area contributed by atoms with Crippen LogP contribution in [0, 0.1) is 0 Å². The summed E-state index contributed by atoms with van der Waals surface area (Å²) in [5.74, 6) is 0.872. The van der Waals surface area contributed by atoms with E-state index in [1.165, 1.54) is 172 Å². The number of allylic oxidation sites excluding steroid dienone is 6. The molecule has 0 spiro atoms. The van der Waals surface area contributed by atoms with Crippen molar-refractivity contribution in [1.29, 1.82) is 0 Å². The number of rotatable bonds is 39. The Bertz CT molecular complexity index is 640. The molecule has 0 aliphatic rings. The highest BCUT2D eigenvalue weighted by molar-refractivity contribution is 8.55. The van der Waals surface area contributed by atoms with Gasteiger partial charge in [0.25, 0.3) is 0 Å². The van der Waals surface area contributed by atoms with Crippen molar-refractivity contribution in [3.63, 3.8) is 0 Å². The lowest BCUT2D eigenvalue weighted by molar-refractivity contribution is 0.212. The van der Waals surface area contributed by atoms with Crippen LogP contribution in [0.2, 0.25) is 0 Å². The third-order valence-electron chi connectivity index (χ3n) is 8.72. The number of hydrogen-bond acceptors (Lipinski definition) is 4. The fourth-order valence-corrected chi connectivity index (χ4v) is 8.97. The standard InChI is InChI=1S/C42H81O3PS/c1-4-7-10-13-16-19-22-25-28-31-34-37-40-44-46(43,45-41-38-35-32-29-26-23-20-17-14-11-8-5-2)47-42-39-36-33-30-27-24-21-18-15-12-9-6-3/h13-18H,4-12,19-42H2,1-3H3/b16-13+,17-14+,18-15+. The van der Waals surface area contributed by atoms with E-state index >= 15 is 0 Å². The molecule has 47 heavy (non-hydrogen) atoms. The van der Waals surface area contributed by atoms with E-state index in [1.807, 2.05) is 0 Å². The van der Waals surface area contributed by atoms with Crippen molar-refractivity contribution < 1.29 is 13.6 Å². The first-order valence-corrected chi connectivity index (χ1v) is 23.8. The fourth-order valence-electron chi connectivity index (χ4n) is 5.53. The lowest BCUT2D eigenvalue weighted by Gasteiger charge is -2.18. The molecule has 0 heterocycles. The predicted molar refractivity (Wildman–Crippen MR) is 215 cm³/mol. The van der Waals surface area contributed by atoms with Crippen molar-refractivity contribution in [2.75, 3.05) is 19.0 Å². The van der Waals surface area contributed by atoms with Crippen LogP contribution in [0.25, 0.3) is 0 Å². The zero-order chi connectivity index (χ0) is 34.2. The summed E-state index contributed by atoms with van der Waals surface area (Å²) in [7, 11) is 0. The Morgan fingerprint density at radius 1 is 0.383 bits per heavy atom. The maximum atomic E-state index is 13.6. The van der Waals surface area contributed by atoms with E-state index in [1.54, 1.807) is 0 Å². The molecule has 0 rings (SSSR count). The van der Waals surface area contributed by atoms with Crippen LogP contribution in [-0.2, 0) is 13.6 Å². The van der Waals surface area contributed by atoms with Gasteiger partial charge in [-0.25, -0.2) is 4.57 Å². The smallest absolute Gasteiger partial charge is 0.301 e. The molecule has 0 N–H and O–H groups in total. The van der Waals surface area contributed by atoms with Gasteiger partial charge in [0.2, 0.25) is 0 Å². The van der Waals surface area contributed by atoms with E-state index in [9.17, 15) is 4.57 Å². The second-order valence-corrected chi connectivity index (χ2v) is 17.7. The highest BCUT2D eigenvalue weighted by Crippen LogP contribution is 2.61. The van der Waals surface area contributed by atoms with Gasteiger partial charge < -0.3 is 9.05 Å². The Hall–Kier alpha value is -0.280. The molecular weight excluding hydrogens is 616 g/mol. The molecule has 0 saturated heterocycles. The van der Waals surface area contributed by atoms with Crippen LogP contribution in [0.4, 0.5) is 0 Å². The Labute approximate surface area is 299 Å². The van der Waals surface area contributed by atoms with E-state index in [0.717, 1.165) is 37.9 Å². The van der Waals surface area contributed by atoms with Crippen LogP contribution in [0.15, 0.2) is 36.5 Å². The summed E-state index contributed by atoms with van der Waals surface area (Å²) in [6.45, 7) is 4.80. The number of unbranched alkanes of at least 4 members (excludes halogenated alkanes) is 24. The van der Waals surface area contributed by atoms with E-state index in [-0.39, 0.29) is 0 Å². The van der Waals surface area contributed by atoms with Gasteiger partial charge in [0.15, 0.2) is 0 Å². The lowest BCUT2D eigenvalue weighted by atomic mass is 10.1. The minimum Gasteiger partial charge on any atom is -0.301 e. The second kappa shape index (κ2) is 40.2. The molecule has 0 atom stereocenters. The molecule has 0 amide bonds. The summed E-state index contributed by atoms with van der Waals surface area (Å²) in [4.78, 5) is 0. The van der Waals surface area contributed by atoms with Gasteiger partial charge in [-0.15, -0.1) is 0 Å². The normalized spacial score (nSPS) is 12.5. The zero-order valence-corrected chi connectivity index (χ0v) is 33.6. The van der Waals surface area contributed by atoms with Crippen LogP contribution in [0.1, 0.15) is 213 Å². The molecule has 0 aromatic rings. The summed E-state index contributed by atoms with van der Waals surface area (Å²) < 4.78 is 25.6. The molecule has 0 aliphatic carbocycles. The quantitative estimate of drug-likeness (QED) is 0.0364. The Balaban J connectivity index is 4.16. The van der Waals surface area contributed by atoms with Crippen LogP contribution >= 0.6 is 18.2 Å². The summed E-state index contributed by atoms with van der Waals surface area (Å²) in [6, 6.07) is 0. The zero-order valence-electron chi connectivity index (χ0n) is 31.9. The fraction of sp³-hybridized carbons (Fsp3) is 0.857. The summed E-state index contributed by atoms with van der Waals surface area (Å²) >= 11 is 1.46. The second-order valence-electron chi connectivity index (χ2n) is 13.5. The first-order chi connectivity index (χ1) is 23.2. The SMILES string of the molecule is CCCC/C=C/CCCCCCCCOP(=O)(OCCCCCCCC/C=C/CCCC)SCCCCCCCC/C=C/CCCC.